The summed E-state index contributed by atoms with van der Waals surface area (Å²) in [6.07, 6.45) is 6.84. The SMILES string of the molecule is Cl.Cl.O=C(C1CCc2cc(-n3cnnn3)ccc21)N1CCNCC1.O=C(C1CCc2cc(-n3cnnn3)ccc21)N1CCNCC1. The number of halogens is 2. The van der Waals surface area contributed by atoms with E-state index >= 15 is 0 Å². The Balaban J connectivity index is 0.000000174. The first kappa shape index (κ1) is 33.4. The number of carbonyl (C=O) groups excluding carboxylic acids is 2. The molecule has 16 heteroatoms. The topological polar surface area (TPSA) is 152 Å². The summed E-state index contributed by atoms with van der Waals surface area (Å²) in [5, 5.41) is 29.0. The number of rotatable bonds is 4. The van der Waals surface area contributed by atoms with Crippen LogP contribution in [0.3, 0.4) is 0 Å². The van der Waals surface area contributed by atoms with Crippen LogP contribution in [0.2, 0.25) is 0 Å². The molecule has 4 aromatic rings. The number of nitrogens with one attached hydrogen (secondary N) is 2. The Morgan fingerprint density at radius 1 is 0.630 bits per heavy atom. The fraction of sp³-hybridized carbons (Fsp3) is 0.467. The molecule has 2 aromatic heterocycles. The molecule has 2 atom stereocenters. The molecular formula is C30H38Cl2N12O2. The van der Waals surface area contributed by atoms with Crippen LogP contribution in [0.1, 0.15) is 46.9 Å². The molecule has 0 spiro atoms. The summed E-state index contributed by atoms with van der Waals surface area (Å²) in [6.45, 7) is 6.82. The van der Waals surface area contributed by atoms with Crippen LogP contribution < -0.4 is 10.6 Å². The molecule has 2 aromatic carbocycles. The quantitative estimate of drug-likeness (QED) is 0.323. The fourth-order valence-corrected chi connectivity index (χ4v) is 6.78. The number of benzene rings is 2. The number of amides is 2. The van der Waals surface area contributed by atoms with Crippen LogP contribution in [0.25, 0.3) is 11.4 Å². The molecular weight excluding hydrogens is 631 g/mol. The molecule has 2 unspecified atom stereocenters. The summed E-state index contributed by atoms with van der Waals surface area (Å²) < 4.78 is 3.29. The van der Waals surface area contributed by atoms with Crippen molar-refractivity contribution in [1.29, 1.82) is 0 Å². The van der Waals surface area contributed by atoms with E-state index in [0.29, 0.717) is 0 Å². The molecule has 2 N–H and O–H groups in total. The van der Waals surface area contributed by atoms with Crippen LogP contribution in [-0.4, -0.2) is 114 Å². The van der Waals surface area contributed by atoms with E-state index in [1.807, 2.05) is 21.9 Å². The molecule has 14 nitrogen and oxygen atoms in total. The van der Waals surface area contributed by atoms with Gasteiger partial charge in [-0.05, 0) is 93.1 Å². The smallest absolute Gasteiger partial charge is 0.230 e. The Bertz CT molecular complexity index is 1490. The van der Waals surface area contributed by atoms with Crippen molar-refractivity contribution in [3.63, 3.8) is 0 Å². The average molecular weight is 670 g/mol. The number of nitrogens with zero attached hydrogens (tertiary/aromatic N) is 10. The second kappa shape index (κ2) is 15.1. The highest BCUT2D eigenvalue weighted by molar-refractivity contribution is 5.86. The molecule has 4 heterocycles. The van der Waals surface area contributed by atoms with E-state index in [2.05, 4.69) is 65.9 Å². The first-order valence-electron chi connectivity index (χ1n) is 15.4. The number of aromatic nitrogens is 8. The van der Waals surface area contributed by atoms with E-state index in [9.17, 15) is 9.59 Å². The van der Waals surface area contributed by atoms with Gasteiger partial charge >= 0.3 is 0 Å². The zero-order valence-corrected chi connectivity index (χ0v) is 27.0. The Labute approximate surface area is 279 Å². The van der Waals surface area contributed by atoms with Gasteiger partial charge in [-0.3, -0.25) is 9.59 Å². The zero-order valence-electron chi connectivity index (χ0n) is 25.4. The normalized spacial score (nSPS) is 20.0. The number of fused-ring (bicyclic) bond motifs is 2. The van der Waals surface area contributed by atoms with Gasteiger partial charge in [0.05, 0.1) is 23.2 Å². The summed E-state index contributed by atoms with van der Waals surface area (Å²) in [5.41, 5.74) is 6.70. The fourth-order valence-electron chi connectivity index (χ4n) is 6.78. The van der Waals surface area contributed by atoms with Gasteiger partial charge in [0.25, 0.3) is 0 Å². The van der Waals surface area contributed by atoms with Gasteiger partial charge in [-0.15, -0.1) is 35.0 Å². The number of aryl methyl sites for hydroxylation is 2. The van der Waals surface area contributed by atoms with Crippen molar-refractivity contribution in [2.75, 3.05) is 52.4 Å². The van der Waals surface area contributed by atoms with Crippen molar-refractivity contribution >= 4 is 36.6 Å². The maximum atomic E-state index is 12.7. The number of carbonyl (C=O) groups is 2. The Morgan fingerprint density at radius 2 is 1.04 bits per heavy atom. The van der Waals surface area contributed by atoms with Gasteiger partial charge < -0.3 is 20.4 Å². The number of hydrogen-bond acceptors (Lipinski definition) is 10. The number of tetrazole rings is 2. The van der Waals surface area contributed by atoms with Crippen LogP contribution in [0.15, 0.2) is 49.1 Å². The Hall–Kier alpha value is -3.98. The van der Waals surface area contributed by atoms with Gasteiger partial charge in [-0.25, -0.2) is 9.36 Å². The largest absolute Gasteiger partial charge is 0.340 e. The minimum Gasteiger partial charge on any atom is -0.340 e. The highest BCUT2D eigenvalue weighted by Gasteiger charge is 2.33. The summed E-state index contributed by atoms with van der Waals surface area (Å²) >= 11 is 0. The van der Waals surface area contributed by atoms with E-state index in [-0.39, 0.29) is 48.5 Å². The minimum absolute atomic E-state index is 0. The standard InChI is InChI=1S/2C15H18N6O.2ClH/c2*22-15(20-7-5-16-6-8-20)14-3-1-11-9-12(2-4-13(11)14)21-10-17-18-19-21;;/h2*2,4,9-10,14,16H,1,3,5-8H2;2*1H. The summed E-state index contributed by atoms with van der Waals surface area (Å²) in [4.78, 5) is 29.5. The monoisotopic (exact) mass is 668 g/mol. The lowest BCUT2D eigenvalue weighted by Crippen LogP contribution is -2.47. The minimum atomic E-state index is 0. The van der Waals surface area contributed by atoms with Gasteiger partial charge in [-0.2, -0.15) is 0 Å². The molecule has 0 bridgehead atoms. The Morgan fingerprint density at radius 3 is 1.41 bits per heavy atom. The molecule has 8 rings (SSSR count). The first-order chi connectivity index (χ1) is 21.7. The van der Waals surface area contributed by atoms with Crippen molar-refractivity contribution in [2.45, 2.75) is 37.5 Å². The van der Waals surface area contributed by atoms with Gasteiger partial charge in [-0.1, -0.05) is 12.1 Å². The maximum absolute atomic E-state index is 12.7. The van der Waals surface area contributed by atoms with Crippen molar-refractivity contribution in [1.82, 2.24) is 60.8 Å². The third-order valence-electron chi connectivity index (χ3n) is 9.09. The lowest BCUT2D eigenvalue weighted by molar-refractivity contribution is -0.134. The molecule has 0 radical (unpaired) electrons. The molecule has 2 fully saturated rings. The summed E-state index contributed by atoms with van der Waals surface area (Å²) in [6, 6.07) is 12.3. The summed E-state index contributed by atoms with van der Waals surface area (Å²) in [5.74, 6) is 0.567. The van der Waals surface area contributed by atoms with E-state index in [1.165, 1.54) is 22.3 Å². The van der Waals surface area contributed by atoms with Crippen LogP contribution >= 0.6 is 24.8 Å². The van der Waals surface area contributed by atoms with E-state index in [0.717, 1.165) is 89.4 Å². The molecule has 2 aliphatic heterocycles. The second-order valence-corrected chi connectivity index (χ2v) is 11.6. The van der Waals surface area contributed by atoms with Crippen LogP contribution in [0, 0.1) is 0 Å². The molecule has 0 saturated carbocycles. The number of hydrogen-bond donors (Lipinski definition) is 2. The van der Waals surface area contributed by atoms with Crippen LogP contribution in [0.4, 0.5) is 0 Å². The lowest BCUT2D eigenvalue weighted by atomic mass is 9.99. The molecule has 2 aliphatic carbocycles. The van der Waals surface area contributed by atoms with Crippen molar-refractivity contribution in [2.24, 2.45) is 0 Å². The summed E-state index contributed by atoms with van der Waals surface area (Å²) in [7, 11) is 0. The molecule has 2 amide bonds. The van der Waals surface area contributed by atoms with Gasteiger partial charge in [0, 0.05) is 52.4 Å². The van der Waals surface area contributed by atoms with Crippen molar-refractivity contribution < 1.29 is 9.59 Å². The van der Waals surface area contributed by atoms with Crippen molar-refractivity contribution in [3.8, 4) is 11.4 Å². The molecule has 244 valence electrons. The van der Waals surface area contributed by atoms with E-state index in [1.54, 1.807) is 22.0 Å². The highest BCUT2D eigenvalue weighted by Crippen LogP contribution is 2.36. The van der Waals surface area contributed by atoms with E-state index in [4.69, 9.17) is 0 Å². The average Bonchev–Trinajstić information content (AvgIpc) is 3.91. The first-order valence-corrected chi connectivity index (χ1v) is 15.4. The van der Waals surface area contributed by atoms with Crippen molar-refractivity contribution in [3.05, 3.63) is 71.3 Å². The predicted molar refractivity (Wildman–Crippen MR) is 174 cm³/mol. The van der Waals surface area contributed by atoms with Crippen LogP contribution in [0.5, 0.6) is 0 Å². The van der Waals surface area contributed by atoms with Crippen LogP contribution in [-0.2, 0) is 22.4 Å². The third-order valence-corrected chi connectivity index (χ3v) is 9.09. The second-order valence-electron chi connectivity index (χ2n) is 11.6. The van der Waals surface area contributed by atoms with Gasteiger partial charge in [0.15, 0.2) is 0 Å². The molecule has 4 aliphatic rings. The van der Waals surface area contributed by atoms with E-state index < -0.39 is 0 Å². The zero-order chi connectivity index (χ0) is 29.9. The lowest BCUT2D eigenvalue weighted by Gasteiger charge is -2.30. The van der Waals surface area contributed by atoms with Gasteiger partial charge in [0.1, 0.15) is 12.7 Å². The molecule has 46 heavy (non-hydrogen) atoms. The predicted octanol–water partition coefficient (Wildman–Crippen LogP) is 1.09. The Kier molecular flexibility index (Phi) is 10.9. The maximum Gasteiger partial charge on any atom is 0.230 e. The van der Waals surface area contributed by atoms with Gasteiger partial charge in [0.2, 0.25) is 11.8 Å². The third kappa shape index (κ3) is 6.89. The molecule has 2 saturated heterocycles. The number of piperazine rings is 2. The highest BCUT2D eigenvalue weighted by atomic mass is 35.5.